The maximum Gasteiger partial charge on any atom is 0.407 e. The van der Waals surface area contributed by atoms with Gasteiger partial charge in [0, 0.05) is 0 Å². The smallest absolute Gasteiger partial charge is 0.407 e. The third-order valence-corrected chi connectivity index (χ3v) is 21.9. The van der Waals surface area contributed by atoms with Gasteiger partial charge in [-0.3, -0.25) is 0 Å². The molecular weight excluding hydrogens is 2040 g/mol. The Balaban J connectivity index is 1.20. The van der Waals surface area contributed by atoms with E-state index in [-0.39, 0.29) is 52.9 Å². The van der Waals surface area contributed by atoms with E-state index in [0.717, 1.165) is 5.56 Å². The summed E-state index contributed by atoms with van der Waals surface area (Å²) in [6.45, 7) is 2.53. The van der Waals surface area contributed by atoms with Crippen molar-refractivity contribution in [2.45, 2.75) is 217 Å². The fourth-order valence-electron chi connectivity index (χ4n) is 14.5. The Morgan fingerprint density at radius 1 is 0.346 bits per heavy atom. The first-order valence-electron chi connectivity index (χ1n) is 42.9. The largest absolute Gasteiger partial charge is 0.464 e. The van der Waals surface area contributed by atoms with Gasteiger partial charge in [0.25, 0.3) is 0 Å². The summed E-state index contributed by atoms with van der Waals surface area (Å²) in [4.78, 5) is 88.1. The molecule has 4 fully saturated rings. The second-order valence-corrected chi connectivity index (χ2v) is 41.1. The normalized spacial score (nSPS) is 25.8. The van der Waals surface area contributed by atoms with E-state index in [1.54, 1.807) is 178 Å². The van der Waals surface area contributed by atoms with Crippen LogP contribution in [-0.4, -0.2) is 264 Å². The number of esters is 2. The van der Waals surface area contributed by atoms with Crippen LogP contribution in [0.15, 0.2) is 195 Å². The first-order chi connectivity index (χ1) is 65.0. The number of alkyl carbamates (subject to hydrolysis) is 4. The summed E-state index contributed by atoms with van der Waals surface area (Å²) in [7, 11) is 0. The molecule has 6 aromatic carbocycles. The minimum Gasteiger partial charge on any atom is -0.464 e. The zero-order valence-electron chi connectivity index (χ0n) is 73.7. The van der Waals surface area contributed by atoms with E-state index in [2.05, 4.69) is 27.8 Å². The van der Waals surface area contributed by atoms with Crippen LogP contribution >= 0.6 is 139 Å². The average molecular weight is 2150 g/mol. The van der Waals surface area contributed by atoms with E-state index < -0.39 is 246 Å². The molecule has 0 saturated carbocycles. The second-order valence-electron chi connectivity index (χ2n) is 31.0. The maximum absolute atomic E-state index is 15.3. The van der Waals surface area contributed by atoms with Gasteiger partial charge in [0.15, 0.2) is 37.4 Å². The van der Waals surface area contributed by atoms with Crippen LogP contribution in [0.4, 0.5) is 19.2 Å². The van der Waals surface area contributed by atoms with Crippen molar-refractivity contribution in [2.24, 2.45) is 0 Å². The lowest BCUT2D eigenvalue weighted by Crippen LogP contribution is -2.73. The lowest BCUT2D eigenvalue weighted by Gasteiger charge is -2.53. The van der Waals surface area contributed by atoms with Crippen molar-refractivity contribution in [1.82, 2.24) is 21.3 Å². The van der Waals surface area contributed by atoms with Gasteiger partial charge in [-0.05, 0) is 61.1 Å². The van der Waals surface area contributed by atoms with Gasteiger partial charge in [-0.1, -0.05) is 327 Å². The van der Waals surface area contributed by atoms with Gasteiger partial charge in [-0.2, -0.15) is 0 Å². The van der Waals surface area contributed by atoms with Crippen LogP contribution in [0.3, 0.4) is 0 Å². The Morgan fingerprint density at radius 3 is 0.890 bits per heavy atom. The van der Waals surface area contributed by atoms with Gasteiger partial charge in [0.1, 0.15) is 124 Å². The zero-order chi connectivity index (χ0) is 98.0. The highest BCUT2D eigenvalue weighted by Crippen LogP contribution is 2.41. The summed E-state index contributed by atoms with van der Waals surface area (Å²) >= 11 is 74.9. The molecule has 22 atom stereocenters. The molecule has 4 saturated heterocycles. The lowest BCUT2D eigenvalue weighted by molar-refractivity contribution is -0.371. The predicted octanol–water partition coefficient (Wildman–Crippen LogP) is 15.2. The van der Waals surface area contributed by atoms with Crippen molar-refractivity contribution in [3.05, 3.63) is 228 Å². The molecule has 6 aromatic rings. The van der Waals surface area contributed by atoms with Crippen molar-refractivity contribution in [3.63, 3.8) is 0 Å². The van der Waals surface area contributed by atoms with Gasteiger partial charge >= 0.3 is 36.3 Å². The summed E-state index contributed by atoms with van der Waals surface area (Å²) in [5, 5.41) is 23.8. The molecule has 0 radical (unpaired) electrons. The number of amides is 4. The van der Waals surface area contributed by atoms with E-state index in [0.29, 0.717) is 27.8 Å². The number of nitrogens with one attached hydrogen (secondary N) is 4. The van der Waals surface area contributed by atoms with E-state index in [1.807, 2.05) is 18.2 Å². The standard InChI is InChI=1S/C91H106Cl12N4O29/c1-6-39-121-80-68(106-86(113)126-52-90(98,99)100)76(128-54(4)78(109)119-7-2)72(64(131-80)48-117-42-58-31-19-11-20-32-58)136-82-67(105-85(112)125-51-89(95,96)97)75(123-45-61-37-25-14-26-38-61)71(63(132-82)47-116-41-57-29-17-10-18-30-57)134-83-69(107-87(114)127-53-91(101,102)103)77(129-55(5)79(110)120-8-3)73(65(133-83)49-118-43-59-33-21-12-22-34-59)135-81-66(104-84(111)124-50-88(92,93)94)74(122-44-60-35-23-13-24-36-60)70(108)62(130-81)46-115-40-56-27-15-9-16-28-56/h6,9-38,54-55,62-77,80-83,108H,1,7-8,39-53H2,2-5H3,(H,104,111)(H,105,112)(H,106,113)(H,107,114)/t54?,55?,62-,63-,64-,65-,66-,67-,68-,69-,70-,71-,72-,73-,74-,75-,76-,77-,80+,81+,82+,83+/m1/s1. The van der Waals surface area contributed by atoms with E-state index in [4.69, 9.17) is 243 Å². The number of rotatable bonds is 47. The zero-order valence-corrected chi connectivity index (χ0v) is 82.8. The molecule has 0 aromatic heterocycles. The highest BCUT2D eigenvalue weighted by atomic mass is 35.6. The van der Waals surface area contributed by atoms with Crippen molar-refractivity contribution in [3.8, 4) is 0 Å². The minimum absolute atomic E-state index is 0.0154. The number of carbonyl (C=O) groups is 6. The van der Waals surface area contributed by atoms with Gasteiger partial charge in [-0.25, -0.2) is 28.8 Å². The Bertz CT molecular complexity index is 4580. The fraction of sp³-hybridized carbons (Fsp3) is 0.516. The second kappa shape index (κ2) is 56.1. The molecule has 10 rings (SSSR count). The maximum atomic E-state index is 15.3. The molecule has 4 aliphatic heterocycles. The van der Waals surface area contributed by atoms with E-state index in [1.165, 1.54) is 19.9 Å². The molecule has 0 aliphatic carbocycles. The molecule has 4 amide bonds. The number of carbonyl (C=O) groups excluding carboxylic acids is 6. The fourth-order valence-corrected chi connectivity index (χ4v) is 15.2. The molecule has 748 valence electrons. The van der Waals surface area contributed by atoms with E-state index in [9.17, 15) is 24.3 Å². The molecule has 33 nitrogen and oxygen atoms in total. The van der Waals surface area contributed by atoms with Crippen LogP contribution in [0, 0.1) is 0 Å². The van der Waals surface area contributed by atoms with E-state index >= 15 is 9.59 Å². The van der Waals surface area contributed by atoms with Crippen LogP contribution in [0.1, 0.15) is 61.1 Å². The van der Waals surface area contributed by atoms with Crippen LogP contribution in [0.25, 0.3) is 0 Å². The number of aliphatic hydroxyl groups excluding tert-OH is 1. The van der Waals surface area contributed by atoms with Crippen LogP contribution in [0.5, 0.6) is 0 Å². The highest BCUT2D eigenvalue weighted by Gasteiger charge is 2.60. The molecule has 136 heavy (non-hydrogen) atoms. The molecule has 45 heteroatoms. The first kappa shape index (κ1) is 112. The Kier molecular flexibility index (Phi) is 46.1. The number of hydrogen-bond donors (Lipinski definition) is 5. The quantitative estimate of drug-likeness (QED) is 0.0102. The molecule has 0 spiro atoms. The topological polar surface area (TPSA) is 374 Å². The summed E-state index contributed by atoms with van der Waals surface area (Å²) in [6, 6.07) is 45.9. The molecule has 4 heterocycles. The number of benzene rings is 6. The number of halogens is 12. The molecule has 5 N–H and O–H groups in total. The van der Waals surface area contributed by atoms with Crippen molar-refractivity contribution >= 4 is 176 Å². The third kappa shape index (κ3) is 37.6. The number of ether oxygens (including phenoxy) is 22. The molecular formula is C91H106Cl12N4O29. The Hall–Kier alpha value is -6.12. The number of hydrogen-bond acceptors (Lipinski definition) is 29. The molecule has 2 unspecified atom stereocenters. The van der Waals surface area contributed by atoms with Crippen molar-refractivity contribution in [2.75, 3.05) is 72.7 Å². The first-order valence-corrected chi connectivity index (χ1v) is 47.5. The van der Waals surface area contributed by atoms with Crippen LogP contribution in [-0.2, 0) is 153 Å². The Morgan fingerprint density at radius 2 is 0.596 bits per heavy atom. The third-order valence-electron chi connectivity index (χ3n) is 20.6. The van der Waals surface area contributed by atoms with Gasteiger partial charge in [-0.15, -0.1) is 6.58 Å². The molecule has 0 bridgehead atoms. The monoisotopic (exact) mass is 2140 g/mol. The SMILES string of the molecule is C=CCO[C@H]1O[C@H](COCc2ccccc2)[C@@H](O[C@@H]2O[C@H](COCc3ccccc3)[C@@H](O[C@@H]3O[C@H](COCc4ccccc4)[C@@H](O[C@@H]4O[C@H](COCc5ccccc5)[C@@H](O)[C@H](OCc5ccccc5)[C@H]4NC(=O)OCC(Cl)(Cl)Cl)[C@H](OC(C)C(=O)OCC)[C@H]3NC(=O)OCC(Cl)(Cl)Cl)[C@H](OCc3ccccc3)[C@H]2NC(=O)OCC(Cl)(Cl)Cl)[C@H](OC(C)C(=O)OCC)[C@H]1NC(=O)OCC(Cl)(Cl)Cl. The van der Waals surface area contributed by atoms with Crippen LogP contribution in [0.2, 0.25) is 0 Å². The van der Waals surface area contributed by atoms with Crippen molar-refractivity contribution < 1.29 is 138 Å². The Labute approximate surface area is 846 Å². The number of alkyl halides is 12. The highest BCUT2D eigenvalue weighted by molar-refractivity contribution is 6.69. The predicted molar refractivity (Wildman–Crippen MR) is 502 cm³/mol. The van der Waals surface area contributed by atoms with Gasteiger partial charge < -0.3 is 131 Å². The summed E-state index contributed by atoms with van der Waals surface area (Å²) in [5.41, 5.74) is 3.76. The van der Waals surface area contributed by atoms with Gasteiger partial charge in [0.2, 0.25) is 15.2 Å². The lowest BCUT2D eigenvalue weighted by atomic mass is 9.92. The molecule has 4 aliphatic rings. The van der Waals surface area contributed by atoms with Crippen LogP contribution < -0.4 is 21.3 Å². The van der Waals surface area contributed by atoms with Gasteiger partial charge in [0.05, 0.1) is 85.9 Å². The number of aliphatic hydroxyl groups is 1. The summed E-state index contributed by atoms with van der Waals surface area (Å²) in [6.07, 6.45) is -35.4. The van der Waals surface area contributed by atoms with Crippen molar-refractivity contribution in [1.29, 1.82) is 0 Å². The summed E-state index contributed by atoms with van der Waals surface area (Å²) in [5.74, 6) is -1.89. The average Bonchev–Trinajstić information content (AvgIpc) is 0.752. The minimum atomic E-state index is -2.29. The summed E-state index contributed by atoms with van der Waals surface area (Å²) < 4.78 is 136.